The van der Waals surface area contributed by atoms with Gasteiger partial charge in [-0.05, 0) is 55.4 Å². The van der Waals surface area contributed by atoms with Crippen LogP contribution in [0.2, 0.25) is 0 Å². The summed E-state index contributed by atoms with van der Waals surface area (Å²) in [4.78, 5) is 6.58. The van der Waals surface area contributed by atoms with Crippen molar-refractivity contribution in [3.05, 3.63) is 58.9 Å². The van der Waals surface area contributed by atoms with Crippen molar-refractivity contribution in [2.45, 2.75) is 44.2 Å². The van der Waals surface area contributed by atoms with E-state index in [2.05, 4.69) is 22.0 Å². The van der Waals surface area contributed by atoms with Gasteiger partial charge < -0.3 is 9.84 Å². The molecule has 1 saturated heterocycles. The summed E-state index contributed by atoms with van der Waals surface area (Å²) >= 11 is 0. The van der Waals surface area contributed by atoms with E-state index in [-0.39, 0.29) is 0 Å². The minimum atomic E-state index is -0.743. The van der Waals surface area contributed by atoms with Gasteiger partial charge in [-0.1, -0.05) is 12.1 Å². The van der Waals surface area contributed by atoms with E-state index >= 15 is 0 Å². The molecule has 0 unspecified atom stereocenters. The van der Waals surface area contributed by atoms with Crippen LogP contribution in [0.5, 0.6) is 5.75 Å². The number of aryl methyl sites for hydroxylation is 2. The fourth-order valence-corrected chi connectivity index (χ4v) is 4.21. The Hall–Kier alpha value is -1.91. The molecule has 1 aliphatic carbocycles. The van der Waals surface area contributed by atoms with Gasteiger partial charge in [0, 0.05) is 43.2 Å². The first kappa shape index (κ1) is 16.6. The number of hydrogen-bond donors (Lipinski definition) is 1. The summed E-state index contributed by atoms with van der Waals surface area (Å²) < 4.78 is 5.64. The van der Waals surface area contributed by atoms with Crippen LogP contribution >= 0.6 is 0 Å². The summed E-state index contributed by atoms with van der Waals surface area (Å²) in [5.74, 6) is 1.01. The minimum Gasteiger partial charge on any atom is -0.496 e. The van der Waals surface area contributed by atoms with Gasteiger partial charge in [-0.25, -0.2) is 0 Å². The number of aliphatic hydroxyl groups is 1. The van der Waals surface area contributed by atoms with Gasteiger partial charge in [-0.15, -0.1) is 0 Å². The van der Waals surface area contributed by atoms with Crippen LogP contribution in [0, 0.1) is 0 Å². The average Bonchev–Trinajstić information content (AvgIpc) is 3.11. The Balaban J connectivity index is 1.46. The molecule has 0 bridgehead atoms. The van der Waals surface area contributed by atoms with Crippen molar-refractivity contribution in [2.75, 3.05) is 20.2 Å². The number of piperidine rings is 1. The molecule has 2 aliphatic rings. The van der Waals surface area contributed by atoms with Gasteiger partial charge in [0.1, 0.15) is 5.75 Å². The van der Waals surface area contributed by atoms with E-state index in [4.69, 9.17) is 4.74 Å². The Bertz CT molecular complexity index is 737. The summed E-state index contributed by atoms with van der Waals surface area (Å²) in [6, 6.07) is 8.44. The van der Waals surface area contributed by atoms with Crippen molar-refractivity contribution in [3.63, 3.8) is 0 Å². The molecule has 1 N–H and O–H groups in total. The summed E-state index contributed by atoms with van der Waals surface area (Å²) in [6.07, 6.45) is 8.64. The highest BCUT2D eigenvalue weighted by atomic mass is 16.5. The Morgan fingerprint density at radius 3 is 2.64 bits per heavy atom. The number of ether oxygens (including phenoxy) is 1. The van der Waals surface area contributed by atoms with Crippen LogP contribution in [0.4, 0.5) is 0 Å². The van der Waals surface area contributed by atoms with E-state index in [0.717, 1.165) is 43.8 Å². The van der Waals surface area contributed by atoms with Crippen LogP contribution in [0.25, 0.3) is 0 Å². The molecule has 0 atom stereocenters. The van der Waals surface area contributed by atoms with Crippen molar-refractivity contribution in [3.8, 4) is 5.75 Å². The van der Waals surface area contributed by atoms with E-state index in [1.807, 2.05) is 12.1 Å². The lowest BCUT2D eigenvalue weighted by molar-refractivity contribution is -0.0280. The van der Waals surface area contributed by atoms with Crippen LogP contribution in [0.3, 0.4) is 0 Å². The number of methoxy groups -OCH3 is 1. The minimum absolute atomic E-state index is 0.742. The molecule has 1 fully saturated rings. The fourth-order valence-electron chi connectivity index (χ4n) is 4.21. The molecule has 1 aromatic heterocycles. The Morgan fingerprint density at radius 2 is 1.96 bits per heavy atom. The summed E-state index contributed by atoms with van der Waals surface area (Å²) in [5, 5.41) is 11.0. The maximum absolute atomic E-state index is 11.0. The van der Waals surface area contributed by atoms with Gasteiger partial charge in [-0.2, -0.15) is 0 Å². The average molecular weight is 338 g/mol. The quantitative estimate of drug-likeness (QED) is 0.931. The molecule has 4 rings (SSSR count). The standard InChI is InChI=1S/C21H26N2O2/c1-25-20-13-17-5-2-4-16(17)12-18(20)15-23-10-7-21(24,8-11-23)19-6-3-9-22-14-19/h3,6,9,12-14,24H,2,4-5,7-8,10-11,15H2,1H3. The van der Waals surface area contributed by atoms with Crippen molar-refractivity contribution < 1.29 is 9.84 Å². The Labute approximate surface area is 149 Å². The van der Waals surface area contributed by atoms with Crippen molar-refractivity contribution in [1.29, 1.82) is 0 Å². The first-order valence-corrected chi connectivity index (χ1v) is 9.22. The van der Waals surface area contributed by atoms with Crippen LogP contribution in [0.1, 0.15) is 41.5 Å². The second kappa shape index (κ2) is 6.77. The van der Waals surface area contributed by atoms with Gasteiger partial charge in [0.25, 0.3) is 0 Å². The lowest BCUT2D eigenvalue weighted by atomic mass is 9.85. The second-order valence-electron chi connectivity index (χ2n) is 7.34. The molecule has 1 aromatic carbocycles. The molecule has 0 amide bonds. The van der Waals surface area contributed by atoms with Gasteiger partial charge in [0.05, 0.1) is 12.7 Å². The van der Waals surface area contributed by atoms with E-state index in [0.29, 0.717) is 0 Å². The van der Waals surface area contributed by atoms with Gasteiger partial charge in [-0.3, -0.25) is 9.88 Å². The monoisotopic (exact) mass is 338 g/mol. The highest BCUT2D eigenvalue weighted by Crippen LogP contribution is 2.35. The largest absolute Gasteiger partial charge is 0.496 e. The van der Waals surface area contributed by atoms with Crippen molar-refractivity contribution >= 4 is 0 Å². The lowest BCUT2D eigenvalue weighted by Crippen LogP contribution is -2.42. The number of rotatable bonds is 4. The number of nitrogens with zero attached hydrogens (tertiary/aromatic N) is 2. The Morgan fingerprint density at radius 1 is 1.20 bits per heavy atom. The molecule has 0 saturated carbocycles. The molecule has 25 heavy (non-hydrogen) atoms. The van der Waals surface area contributed by atoms with Crippen LogP contribution in [-0.2, 0) is 25.0 Å². The predicted molar refractivity (Wildman–Crippen MR) is 97.7 cm³/mol. The number of fused-ring (bicyclic) bond motifs is 1. The maximum atomic E-state index is 11.0. The number of hydrogen-bond acceptors (Lipinski definition) is 4. The smallest absolute Gasteiger partial charge is 0.123 e. The predicted octanol–water partition coefficient (Wildman–Crippen LogP) is 3.06. The van der Waals surface area contributed by atoms with Gasteiger partial charge >= 0.3 is 0 Å². The number of likely N-dealkylation sites (tertiary alicyclic amines) is 1. The maximum Gasteiger partial charge on any atom is 0.123 e. The summed E-state index contributed by atoms with van der Waals surface area (Å²) in [6.45, 7) is 2.65. The molecule has 132 valence electrons. The molecular formula is C21H26N2O2. The van der Waals surface area contributed by atoms with Crippen molar-refractivity contribution in [1.82, 2.24) is 9.88 Å². The topological polar surface area (TPSA) is 45.6 Å². The molecule has 0 spiro atoms. The van der Waals surface area contributed by atoms with E-state index in [1.165, 1.54) is 36.0 Å². The highest BCUT2D eigenvalue weighted by Gasteiger charge is 2.34. The number of pyridine rings is 1. The van der Waals surface area contributed by atoms with Gasteiger partial charge in [0.2, 0.25) is 0 Å². The van der Waals surface area contributed by atoms with E-state index in [9.17, 15) is 5.11 Å². The van der Waals surface area contributed by atoms with Gasteiger partial charge in [0.15, 0.2) is 0 Å². The SMILES string of the molecule is COc1cc2c(cc1CN1CCC(O)(c3cccnc3)CC1)CCC2. The lowest BCUT2D eigenvalue weighted by Gasteiger charge is -2.38. The molecule has 1 aliphatic heterocycles. The Kier molecular flexibility index (Phi) is 4.48. The number of aromatic nitrogens is 1. The highest BCUT2D eigenvalue weighted by molar-refractivity contribution is 5.44. The molecule has 0 radical (unpaired) electrons. The second-order valence-corrected chi connectivity index (χ2v) is 7.34. The third-order valence-electron chi connectivity index (χ3n) is 5.77. The summed E-state index contributed by atoms with van der Waals surface area (Å²) in [5.41, 5.74) is 4.40. The molecular weight excluding hydrogens is 312 g/mol. The van der Waals surface area contributed by atoms with Crippen LogP contribution in [-0.4, -0.2) is 35.2 Å². The van der Waals surface area contributed by atoms with Crippen LogP contribution < -0.4 is 4.74 Å². The zero-order valence-electron chi connectivity index (χ0n) is 14.9. The molecule has 2 heterocycles. The van der Waals surface area contributed by atoms with E-state index in [1.54, 1.807) is 19.5 Å². The van der Waals surface area contributed by atoms with E-state index < -0.39 is 5.60 Å². The third-order valence-corrected chi connectivity index (χ3v) is 5.77. The normalized spacial score (nSPS) is 19.6. The number of benzene rings is 1. The molecule has 4 heteroatoms. The fraction of sp³-hybridized carbons (Fsp3) is 0.476. The van der Waals surface area contributed by atoms with Crippen LogP contribution in [0.15, 0.2) is 36.7 Å². The zero-order chi connectivity index (χ0) is 17.3. The summed E-state index contributed by atoms with van der Waals surface area (Å²) in [7, 11) is 1.76. The zero-order valence-corrected chi connectivity index (χ0v) is 14.9. The molecule has 4 nitrogen and oxygen atoms in total. The molecule has 2 aromatic rings. The first-order valence-electron chi connectivity index (χ1n) is 9.22. The van der Waals surface area contributed by atoms with Crippen molar-refractivity contribution in [2.24, 2.45) is 0 Å². The third kappa shape index (κ3) is 3.29. The first-order chi connectivity index (χ1) is 12.2.